The third-order valence-corrected chi connectivity index (χ3v) is 2.74. The standard InChI is InChI=1S/C8H10N6O2S/c1-16-6-2-3-7(15)14(12-6)4-5-8(10-9)17-13-11-5/h2-3,10H,4,9H2,1H3. The minimum absolute atomic E-state index is 0.187. The van der Waals surface area contributed by atoms with Crippen molar-refractivity contribution in [3.8, 4) is 5.88 Å². The maximum absolute atomic E-state index is 11.6. The number of aromatic nitrogens is 4. The highest BCUT2D eigenvalue weighted by atomic mass is 32.1. The van der Waals surface area contributed by atoms with Crippen LogP contribution in [0, 0.1) is 0 Å². The van der Waals surface area contributed by atoms with Crippen molar-refractivity contribution >= 4 is 16.5 Å². The fourth-order valence-corrected chi connectivity index (χ4v) is 1.70. The number of methoxy groups -OCH3 is 1. The minimum Gasteiger partial charge on any atom is -0.480 e. The molecule has 0 aliphatic carbocycles. The summed E-state index contributed by atoms with van der Waals surface area (Å²) in [6, 6.07) is 2.88. The molecule has 17 heavy (non-hydrogen) atoms. The molecule has 0 aliphatic heterocycles. The Balaban J connectivity index is 2.32. The molecule has 0 radical (unpaired) electrons. The van der Waals surface area contributed by atoms with Gasteiger partial charge in [-0.1, -0.05) is 4.49 Å². The number of hydrogen-bond acceptors (Lipinski definition) is 8. The summed E-state index contributed by atoms with van der Waals surface area (Å²) in [7, 11) is 1.48. The first-order valence-electron chi connectivity index (χ1n) is 4.64. The number of nitrogens with two attached hydrogens (primary N) is 1. The van der Waals surface area contributed by atoms with Gasteiger partial charge in [-0.3, -0.25) is 4.79 Å². The van der Waals surface area contributed by atoms with E-state index >= 15 is 0 Å². The van der Waals surface area contributed by atoms with E-state index in [1.165, 1.54) is 23.9 Å². The second kappa shape index (κ2) is 4.89. The molecule has 0 aliphatic rings. The number of nitrogens with zero attached hydrogens (tertiary/aromatic N) is 4. The molecule has 0 saturated carbocycles. The Bertz CT molecular complexity index is 565. The van der Waals surface area contributed by atoms with E-state index in [0.717, 1.165) is 11.5 Å². The largest absolute Gasteiger partial charge is 0.480 e. The van der Waals surface area contributed by atoms with E-state index in [0.29, 0.717) is 16.6 Å². The van der Waals surface area contributed by atoms with Gasteiger partial charge in [0, 0.05) is 23.7 Å². The molecule has 0 unspecified atom stereocenters. The van der Waals surface area contributed by atoms with Crippen LogP contribution in [-0.4, -0.2) is 26.5 Å². The molecular weight excluding hydrogens is 244 g/mol. The highest BCUT2D eigenvalue weighted by Crippen LogP contribution is 2.16. The number of anilines is 1. The Labute approximate surface area is 100 Å². The van der Waals surface area contributed by atoms with Crippen molar-refractivity contribution in [3.63, 3.8) is 0 Å². The van der Waals surface area contributed by atoms with Gasteiger partial charge in [0.05, 0.1) is 13.7 Å². The Hall–Kier alpha value is -2.00. The Kier molecular flexibility index (Phi) is 3.30. The molecule has 2 heterocycles. The zero-order valence-electron chi connectivity index (χ0n) is 8.95. The normalized spacial score (nSPS) is 10.2. The van der Waals surface area contributed by atoms with Crippen LogP contribution in [0.4, 0.5) is 5.00 Å². The van der Waals surface area contributed by atoms with Crippen molar-refractivity contribution in [2.45, 2.75) is 6.54 Å². The molecule has 8 nitrogen and oxygen atoms in total. The molecule has 0 fully saturated rings. The average molecular weight is 254 g/mol. The van der Waals surface area contributed by atoms with Crippen LogP contribution < -0.4 is 21.6 Å². The zero-order valence-corrected chi connectivity index (χ0v) is 9.77. The molecule has 0 spiro atoms. The maximum Gasteiger partial charge on any atom is 0.267 e. The Morgan fingerprint density at radius 1 is 1.59 bits per heavy atom. The lowest BCUT2D eigenvalue weighted by molar-refractivity contribution is 0.378. The molecule has 2 rings (SSSR count). The van der Waals surface area contributed by atoms with Gasteiger partial charge in [-0.15, -0.1) is 10.2 Å². The van der Waals surface area contributed by atoms with Crippen molar-refractivity contribution in [3.05, 3.63) is 28.2 Å². The predicted octanol–water partition coefficient (Wildman–Crippen LogP) is -0.563. The molecule has 3 N–H and O–H groups in total. The van der Waals surface area contributed by atoms with Crippen LogP contribution in [-0.2, 0) is 6.54 Å². The van der Waals surface area contributed by atoms with E-state index < -0.39 is 0 Å². The number of nitrogens with one attached hydrogen (secondary N) is 1. The van der Waals surface area contributed by atoms with Gasteiger partial charge >= 0.3 is 0 Å². The summed E-state index contributed by atoms with van der Waals surface area (Å²) < 4.78 is 9.91. The van der Waals surface area contributed by atoms with Gasteiger partial charge in [0.25, 0.3) is 5.56 Å². The third-order valence-electron chi connectivity index (χ3n) is 2.04. The van der Waals surface area contributed by atoms with Crippen LogP contribution in [0.15, 0.2) is 16.9 Å². The van der Waals surface area contributed by atoms with E-state index in [-0.39, 0.29) is 12.1 Å². The van der Waals surface area contributed by atoms with Crippen LogP contribution in [0.5, 0.6) is 5.88 Å². The van der Waals surface area contributed by atoms with E-state index in [1.54, 1.807) is 0 Å². The fraction of sp³-hybridized carbons (Fsp3) is 0.250. The van der Waals surface area contributed by atoms with Crippen molar-refractivity contribution in [1.82, 2.24) is 19.4 Å². The monoisotopic (exact) mass is 254 g/mol. The van der Waals surface area contributed by atoms with Gasteiger partial charge in [0.1, 0.15) is 10.7 Å². The van der Waals surface area contributed by atoms with Gasteiger partial charge in [-0.2, -0.15) is 0 Å². The molecule has 0 aromatic carbocycles. The summed E-state index contributed by atoms with van der Waals surface area (Å²) in [5.41, 5.74) is 2.77. The van der Waals surface area contributed by atoms with Gasteiger partial charge < -0.3 is 10.2 Å². The molecule has 9 heteroatoms. The molecule has 0 amide bonds. The Morgan fingerprint density at radius 3 is 3.12 bits per heavy atom. The predicted molar refractivity (Wildman–Crippen MR) is 61.9 cm³/mol. The molecular formula is C8H10N6O2S. The first-order valence-corrected chi connectivity index (χ1v) is 5.42. The second-order valence-electron chi connectivity index (χ2n) is 3.06. The van der Waals surface area contributed by atoms with Gasteiger partial charge in [-0.25, -0.2) is 10.5 Å². The number of nitrogen functional groups attached to an aromatic ring is 1. The topological polar surface area (TPSA) is 108 Å². The fourth-order valence-electron chi connectivity index (χ4n) is 1.22. The molecule has 2 aromatic heterocycles. The molecule has 2 aromatic rings. The van der Waals surface area contributed by atoms with Gasteiger partial charge in [0.15, 0.2) is 0 Å². The van der Waals surface area contributed by atoms with E-state index in [4.69, 9.17) is 10.6 Å². The first kappa shape index (κ1) is 11.5. The second-order valence-corrected chi connectivity index (χ2v) is 3.82. The third kappa shape index (κ3) is 2.40. The highest BCUT2D eigenvalue weighted by molar-refractivity contribution is 7.10. The summed E-state index contributed by atoms with van der Waals surface area (Å²) in [4.78, 5) is 11.6. The summed E-state index contributed by atoms with van der Waals surface area (Å²) in [6.45, 7) is 0.187. The van der Waals surface area contributed by atoms with Gasteiger partial charge in [-0.05, 0) is 0 Å². The molecule has 0 bridgehead atoms. The minimum atomic E-state index is -0.248. The number of rotatable bonds is 4. The number of ether oxygens (including phenoxy) is 1. The molecule has 0 saturated heterocycles. The quantitative estimate of drug-likeness (QED) is 0.556. The van der Waals surface area contributed by atoms with E-state index in [1.807, 2.05) is 0 Å². The van der Waals surface area contributed by atoms with Crippen LogP contribution >= 0.6 is 11.5 Å². The lowest BCUT2D eigenvalue weighted by atomic mass is 10.4. The summed E-state index contributed by atoms with van der Waals surface area (Å²) in [6.07, 6.45) is 0. The van der Waals surface area contributed by atoms with Crippen LogP contribution in [0.1, 0.15) is 5.69 Å². The van der Waals surface area contributed by atoms with Crippen LogP contribution in [0.2, 0.25) is 0 Å². The van der Waals surface area contributed by atoms with Crippen molar-refractivity contribution in [2.24, 2.45) is 5.84 Å². The molecule has 0 atom stereocenters. The Morgan fingerprint density at radius 2 is 2.41 bits per heavy atom. The van der Waals surface area contributed by atoms with Crippen molar-refractivity contribution in [2.75, 3.05) is 12.5 Å². The smallest absolute Gasteiger partial charge is 0.267 e. The highest BCUT2D eigenvalue weighted by Gasteiger charge is 2.09. The maximum atomic E-state index is 11.6. The van der Waals surface area contributed by atoms with E-state index in [9.17, 15) is 4.79 Å². The van der Waals surface area contributed by atoms with Crippen LogP contribution in [0.3, 0.4) is 0 Å². The zero-order chi connectivity index (χ0) is 12.3. The number of hydrazine groups is 1. The number of hydrogen-bond donors (Lipinski definition) is 2. The SMILES string of the molecule is COc1ccc(=O)n(Cc2nnsc2NN)n1. The van der Waals surface area contributed by atoms with Crippen molar-refractivity contribution < 1.29 is 4.74 Å². The summed E-state index contributed by atoms with van der Waals surface area (Å²) in [5, 5.41) is 8.45. The first-order chi connectivity index (χ1) is 8.24. The lowest BCUT2D eigenvalue weighted by Crippen LogP contribution is -2.23. The molecule has 90 valence electrons. The lowest BCUT2D eigenvalue weighted by Gasteiger charge is -2.05. The van der Waals surface area contributed by atoms with Crippen LogP contribution in [0.25, 0.3) is 0 Å². The van der Waals surface area contributed by atoms with E-state index in [2.05, 4.69) is 20.1 Å². The van der Waals surface area contributed by atoms with Gasteiger partial charge in [0.2, 0.25) is 5.88 Å². The summed E-state index contributed by atoms with van der Waals surface area (Å²) in [5.74, 6) is 5.65. The average Bonchev–Trinajstić information content (AvgIpc) is 2.79. The summed E-state index contributed by atoms with van der Waals surface area (Å²) >= 11 is 1.11. The van der Waals surface area contributed by atoms with Crippen molar-refractivity contribution in [1.29, 1.82) is 0 Å².